The quantitative estimate of drug-likeness (QED) is 0.229. The summed E-state index contributed by atoms with van der Waals surface area (Å²) in [5, 5.41) is 2.81. The standard InChI is InChI=1S/C35H51NO9/c1-8-23-10-12-27-26-11-9-24-17-25(13-15-35(24,7)28(26)14-16-34(23,27)6)44-33-30(36-19(2)37)32(43-22(5)40)31(42-21(4)39)29(45-33)18-41-20(3)38/h8-9,23,25-33H,1,10-18H2,2-7H3,(H,36,37)/t23-,25-,26-,27-,28-,29+,30+,31-,32+,33+,34+,35-/m0/s1. The Labute approximate surface area is 267 Å². The predicted molar refractivity (Wildman–Crippen MR) is 164 cm³/mol. The highest BCUT2D eigenvalue weighted by molar-refractivity contribution is 5.73. The van der Waals surface area contributed by atoms with Crippen LogP contribution in [0.1, 0.15) is 92.9 Å². The van der Waals surface area contributed by atoms with Crippen molar-refractivity contribution < 1.29 is 42.9 Å². The average Bonchev–Trinajstić information content (AvgIpc) is 3.31. The van der Waals surface area contributed by atoms with Crippen molar-refractivity contribution in [3.63, 3.8) is 0 Å². The van der Waals surface area contributed by atoms with Crippen molar-refractivity contribution in [2.45, 2.75) is 130 Å². The zero-order valence-corrected chi connectivity index (χ0v) is 27.7. The van der Waals surface area contributed by atoms with E-state index in [0.717, 1.165) is 31.6 Å². The monoisotopic (exact) mass is 629 g/mol. The predicted octanol–water partition coefficient (Wildman–Crippen LogP) is 4.79. The molecule has 10 heteroatoms. The first-order valence-corrected chi connectivity index (χ1v) is 16.6. The van der Waals surface area contributed by atoms with Crippen molar-refractivity contribution in [1.29, 1.82) is 0 Å². The van der Waals surface area contributed by atoms with Gasteiger partial charge in [0.25, 0.3) is 0 Å². The molecular formula is C35H51NO9. The Morgan fingerprint density at radius 1 is 0.956 bits per heavy atom. The van der Waals surface area contributed by atoms with Gasteiger partial charge >= 0.3 is 17.9 Å². The van der Waals surface area contributed by atoms with Gasteiger partial charge in [-0.1, -0.05) is 31.6 Å². The molecule has 12 atom stereocenters. The van der Waals surface area contributed by atoms with Crippen LogP contribution in [0.2, 0.25) is 0 Å². The minimum absolute atomic E-state index is 0.111. The van der Waals surface area contributed by atoms with E-state index in [2.05, 4.69) is 37.9 Å². The average molecular weight is 630 g/mol. The summed E-state index contributed by atoms with van der Waals surface area (Å²) in [6.45, 7) is 13.9. The molecular weight excluding hydrogens is 578 g/mol. The zero-order chi connectivity index (χ0) is 32.7. The highest BCUT2D eigenvalue weighted by Gasteiger charge is 2.58. The van der Waals surface area contributed by atoms with Crippen molar-refractivity contribution in [2.24, 2.45) is 34.5 Å². The number of ether oxygens (including phenoxy) is 5. The van der Waals surface area contributed by atoms with Crippen molar-refractivity contribution in [3.8, 4) is 0 Å². The number of carbonyl (C=O) groups is 4. The molecule has 10 nitrogen and oxygen atoms in total. The van der Waals surface area contributed by atoms with E-state index in [1.54, 1.807) is 0 Å². The minimum atomic E-state index is -1.14. The van der Waals surface area contributed by atoms with Crippen LogP contribution in [0.25, 0.3) is 0 Å². The SMILES string of the molecule is C=C[C@H]1CC[C@H]2[C@@H]3CC=C4C[C@@H](O[C@@H]5O[C@H](COC(C)=O)[C@H](OC(C)=O)[C@H](OC(C)=O)[C@H]5NC(C)=O)CC[C@]4(C)[C@H]3CC[C@]12C. The number of hydrogen-bond acceptors (Lipinski definition) is 9. The summed E-state index contributed by atoms with van der Waals surface area (Å²) in [6.07, 6.45) is 8.82. The minimum Gasteiger partial charge on any atom is -0.463 e. The lowest BCUT2D eigenvalue weighted by Crippen LogP contribution is -2.67. The fourth-order valence-electron chi connectivity index (χ4n) is 9.77. The van der Waals surface area contributed by atoms with Gasteiger partial charge in [-0.3, -0.25) is 19.2 Å². The second kappa shape index (κ2) is 13.2. The smallest absolute Gasteiger partial charge is 0.303 e. The van der Waals surface area contributed by atoms with Crippen LogP contribution in [0.15, 0.2) is 24.3 Å². The van der Waals surface area contributed by atoms with Gasteiger partial charge in [0.2, 0.25) is 5.91 Å². The van der Waals surface area contributed by atoms with E-state index in [-0.39, 0.29) is 24.0 Å². The first-order valence-electron chi connectivity index (χ1n) is 16.6. The van der Waals surface area contributed by atoms with Crippen LogP contribution in [-0.2, 0) is 42.9 Å². The lowest BCUT2D eigenvalue weighted by Gasteiger charge is -2.58. The molecule has 4 fully saturated rings. The Balaban J connectivity index is 1.37. The third-order valence-electron chi connectivity index (χ3n) is 11.8. The number of hydrogen-bond donors (Lipinski definition) is 1. The number of nitrogens with one attached hydrogen (secondary N) is 1. The van der Waals surface area contributed by atoms with Crippen LogP contribution in [0.4, 0.5) is 0 Å². The van der Waals surface area contributed by atoms with Gasteiger partial charge in [-0.05, 0) is 85.9 Å². The van der Waals surface area contributed by atoms with Gasteiger partial charge in [-0.15, -0.1) is 6.58 Å². The second-order valence-corrected chi connectivity index (χ2v) is 14.4. The van der Waals surface area contributed by atoms with Gasteiger partial charge < -0.3 is 29.0 Å². The number of fused-ring (bicyclic) bond motifs is 5. The van der Waals surface area contributed by atoms with Gasteiger partial charge in [-0.2, -0.15) is 0 Å². The molecule has 0 aromatic carbocycles. The summed E-state index contributed by atoms with van der Waals surface area (Å²) < 4.78 is 29.3. The lowest BCUT2D eigenvalue weighted by molar-refractivity contribution is -0.289. The Morgan fingerprint density at radius 3 is 2.31 bits per heavy atom. The van der Waals surface area contributed by atoms with Gasteiger partial charge in [0, 0.05) is 27.7 Å². The molecule has 0 radical (unpaired) electrons. The normalized spacial score (nSPS) is 42.1. The molecule has 250 valence electrons. The molecule has 0 spiro atoms. The molecule has 1 aliphatic heterocycles. The maximum absolute atomic E-state index is 12.4. The molecule has 45 heavy (non-hydrogen) atoms. The van der Waals surface area contributed by atoms with Gasteiger partial charge in [0.15, 0.2) is 18.5 Å². The van der Waals surface area contributed by atoms with E-state index in [4.69, 9.17) is 23.7 Å². The number of allylic oxidation sites excluding steroid dienone is 2. The summed E-state index contributed by atoms with van der Waals surface area (Å²) >= 11 is 0. The van der Waals surface area contributed by atoms with Crippen LogP contribution in [0.5, 0.6) is 0 Å². The molecule has 1 N–H and O–H groups in total. The maximum Gasteiger partial charge on any atom is 0.303 e. The number of amides is 1. The van der Waals surface area contributed by atoms with Crippen molar-refractivity contribution in [3.05, 3.63) is 24.3 Å². The molecule has 0 aromatic heterocycles. The molecule has 3 saturated carbocycles. The molecule has 5 aliphatic rings. The van der Waals surface area contributed by atoms with Crippen LogP contribution in [0.3, 0.4) is 0 Å². The van der Waals surface area contributed by atoms with Gasteiger partial charge in [-0.25, -0.2) is 0 Å². The summed E-state index contributed by atoms with van der Waals surface area (Å²) in [7, 11) is 0. The Hall–Kier alpha value is -2.72. The third-order valence-corrected chi connectivity index (χ3v) is 11.8. The maximum atomic E-state index is 12.4. The summed E-state index contributed by atoms with van der Waals surface area (Å²) in [5.74, 6) is 0.485. The number of esters is 3. The van der Waals surface area contributed by atoms with Crippen LogP contribution >= 0.6 is 0 Å². The second-order valence-electron chi connectivity index (χ2n) is 14.4. The number of carbonyl (C=O) groups excluding carboxylic acids is 4. The highest BCUT2D eigenvalue weighted by atomic mass is 16.7. The first-order chi connectivity index (χ1) is 21.3. The topological polar surface area (TPSA) is 126 Å². The fourth-order valence-corrected chi connectivity index (χ4v) is 9.77. The van der Waals surface area contributed by atoms with Crippen molar-refractivity contribution in [1.82, 2.24) is 5.32 Å². The van der Waals surface area contributed by atoms with Gasteiger partial charge in [0.1, 0.15) is 18.8 Å². The van der Waals surface area contributed by atoms with Crippen LogP contribution in [-0.4, -0.2) is 67.2 Å². The Morgan fingerprint density at radius 2 is 1.67 bits per heavy atom. The van der Waals surface area contributed by atoms with E-state index in [0.29, 0.717) is 23.2 Å². The first kappa shape index (κ1) is 33.6. The molecule has 5 rings (SSSR count). The fraction of sp³-hybridized carbons (Fsp3) is 0.771. The van der Waals surface area contributed by atoms with Gasteiger partial charge in [0.05, 0.1) is 6.10 Å². The number of rotatable bonds is 8. The van der Waals surface area contributed by atoms with E-state index in [1.807, 2.05) is 0 Å². The Kier molecular flexibility index (Phi) is 9.85. The summed E-state index contributed by atoms with van der Waals surface area (Å²) in [5.41, 5.74) is 1.89. The molecule has 1 heterocycles. The molecule has 0 bridgehead atoms. The van der Waals surface area contributed by atoms with Crippen molar-refractivity contribution >= 4 is 23.8 Å². The molecule has 0 aromatic rings. The largest absolute Gasteiger partial charge is 0.463 e. The molecule has 4 aliphatic carbocycles. The third kappa shape index (κ3) is 6.59. The lowest BCUT2D eigenvalue weighted by atomic mass is 9.47. The highest BCUT2D eigenvalue weighted by Crippen LogP contribution is 2.66. The molecule has 1 amide bonds. The van der Waals surface area contributed by atoms with E-state index in [9.17, 15) is 19.2 Å². The van der Waals surface area contributed by atoms with E-state index >= 15 is 0 Å². The Bertz CT molecular complexity index is 1220. The zero-order valence-electron chi connectivity index (χ0n) is 27.7. The molecule has 0 unspecified atom stereocenters. The summed E-state index contributed by atoms with van der Waals surface area (Å²) in [6, 6.07) is -0.960. The van der Waals surface area contributed by atoms with Crippen molar-refractivity contribution in [2.75, 3.05) is 6.61 Å². The summed E-state index contributed by atoms with van der Waals surface area (Å²) in [4.78, 5) is 48.3. The van der Waals surface area contributed by atoms with E-state index < -0.39 is 48.6 Å². The molecule has 1 saturated heterocycles. The van der Waals surface area contributed by atoms with Crippen LogP contribution in [0, 0.1) is 34.5 Å². The van der Waals surface area contributed by atoms with Crippen LogP contribution < -0.4 is 5.32 Å². The van der Waals surface area contributed by atoms with E-state index in [1.165, 1.54) is 59.0 Å².